The smallest absolute Gasteiger partial charge is 0.302 e. The maximum atomic E-state index is 11.0. The molecule has 0 aliphatic heterocycles. The van der Waals surface area contributed by atoms with Crippen LogP contribution in [0.2, 0.25) is 0 Å². The summed E-state index contributed by atoms with van der Waals surface area (Å²) in [6.07, 6.45) is 9.31. The Balaban J connectivity index is 1.97. The third-order valence-corrected chi connectivity index (χ3v) is 3.83. The van der Waals surface area contributed by atoms with Gasteiger partial charge in [-0.3, -0.25) is 4.79 Å². The zero-order chi connectivity index (χ0) is 9.97. The van der Waals surface area contributed by atoms with Gasteiger partial charge in [-0.05, 0) is 37.5 Å². The van der Waals surface area contributed by atoms with Crippen LogP contribution >= 0.6 is 0 Å². The van der Waals surface area contributed by atoms with Gasteiger partial charge in [0.1, 0.15) is 6.10 Å². The Labute approximate surface area is 86.0 Å². The number of fused-ring (bicyclic) bond motifs is 1. The van der Waals surface area contributed by atoms with Gasteiger partial charge in [0.2, 0.25) is 0 Å². The lowest BCUT2D eigenvalue weighted by atomic mass is 9.69. The first-order valence-corrected chi connectivity index (χ1v) is 5.94. The minimum absolute atomic E-state index is 0.0961. The molecular formula is C12H20O2. The molecule has 0 aromatic rings. The second-order valence-corrected chi connectivity index (χ2v) is 4.79. The summed E-state index contributed by atoms with van der Waals surface area (Å²) in [5.41, 5.74) is 0. The Morgan fingerprint density at radius 3 is 2.57 bits per heavy atom. The van der Waals surface area contributed by atoms with Crippen molar-refractivity contribution in [1.29, 1.82) is 0 Å². The minimum atomic E-state index is -0.0961. The van der Waals surface area contributed by atoms with E-state index in [-0.39, 0.29) is 12.1 Å². The van der Waals surface area contributed by atoms with Crippen LogP contribution in [-0.4, -0.2) is 12.1 Å². The fourth-order valence-corrected chi connectivity index (χ4v) is 3.24. The molecule has 2 saturated carbocycles. The van der Waals surface area contributed by atoms with Gasteiger partial charge in [0.05, 0.1) is 0 Å². The molecule has 2 fully saturated rings. The van der Waals surface area contributed by atoms with Crippen molar-refractivity contribution in [2.45, 2.75) is 58.0 Å². The Morgan fingerprint density at radius 1 is 1.07 bits per heavy atom. The summed E-state index contributed by atoms with van der Waals surface area (Å²) in [5.74, 6) is 1.43. The zero-order valence-electron chi connectivity index (χ0n) is 9.00. The van der Waals surface area contributed by atoms with Crippen LogP contribution in [0.4, 0.5) is 0 Å². The normalized spacial score (nSPS) is 37.4. The van der Waals surface area contributed by atoms with Crippen LogP contribution in [0, 0.1) is 11.8 Å². The highest BCUT2D eigenvalue weighted by molar-refractivity contribution is 5.66. The van der Waals surface area contributed by atoms with Crippen LogP contribution in [0.15, 0.2) is 0 Å². The van der Waals surface area contributed by atoms with Crippen molar-refractivity contribution in [2.24, 2.45) is 11.8 Å². The molecule has 14 heavy (non-hydrogen) atoms. The highest BCUT2D eigenvalue weighted by atomic mass is 16.5. The molecule has 0 saturated heterocycles. The molecule has 2 aliphatic carbocycles. The molecule has 2 nitrogen and oxygen atoms in total. The van der Waals surface area contributed by atoms with Crippen molar-refractivity contribution in [1.82, 2.24) is 0 Å². The molecule has 3 unspecified atom stereocenters. The van der Waals surface area contributed by atoms with Crippen LogP contribution in [0.1, 0.15) is 51.9 Å². The third-order valence-electron chi connectivity index (χ3n) is 3.83. The molecule has 0 aromatic carbocycles. The fourth-order valence-electron chi connectivity index (χ4n) is 3.24. The Kier molecular flexibility index (Phi) is 3.09. The van der Waals surface area contributed by atoms with Crippen LogP contribution < -0.4 is 0 Å². The third kappa shape index (κ3) is 2.10. The number of carbonyl (C=O) groups is 1. The Morgan fingerprint density at radius 2 is 1.79 bits per heavy atom. The Hall–Kier alpha value is -0.530. The lowest BCUT2D eigenvalue weighted by Crippen LogP contribution is -2.37. The van der Waals surface area contributed by atoms with Crippen LogP contribution in [0.25, 0.3) is 0 Å². The highest BCUT2D eigenvalue weighted by Gasteiger charge is 2.36. The largest absolute Gasteiger partial charge is 0.462 e. The van der Waals surface area contributed by atoms with Gasteiger partial charge < -0.3 is 4.74 Å². The van der Waals surface area contributed by atoms with Crippen molar-refractivity contribution < 1.29 is 9.53 Å². The number of esters is 1. The molecular weight excluding hydrogens is 176 g/mol. The van der Waals surface area contributed by atoms with Gasteiger partial charge in [0.25, 0.3) is 0 Å². The van der Waals surface area contributed by atoms with E-state index in [1.165, 1.54) is 45.4 Å². The van der Waals surface area contributed by atoms with Crippen molar-refractivity contribution >= 4 is 5.97 Å². The van der Waals surface area contributed by atoms with E-state index in [9.17, 15) is 4.79 Å². The lowest BCUT2D eigenvalue weighted by Gasteiger charge is -2.40. The number of carbonyl (C=O) groups excluding carboxylic acids is 1. The second kappa shape index (κ2) is 4.33. The summed E-state index contributed by atoms with van der Waals surface area (Å²) in [5, 5.41) is 0. The van der Waals surface area contributed by atoms with E-state index in [4.69, 9.17) is 4.74 Å². The number of hydrogen-bond acceptors (Lipinski definition) is 2. The molecule has 0 amide bonds. The molecule has 80 valence electrons. The molecule has 2 rings (SSSR count). The number of hydrogen-bond donors (Lipinski definition) is 0. The summed E-state index contributed by atoms with van der Waals surface area (Å²) in [6, 6.07) is 0. The molecule has 2 heteroatoms. The number of ether oxygens (including phenoxy) is 1. The van der Waals surface area contributed by atoms with Gasteiger partial charge in [-0.15, -0.1) is 0 Å². The molecule has 0 N–H and O–H groups in total. The quantitative estimate of drug-likeness (QED) is 0.603. The minimum Gasteiger partial charge on any atom is -0.462 e. The molecule has 3 atom stereocenters. The predicted molar refractivity (Wildman–Crippen MR) is 54.9 cm³/mol. The van der Waals surface area contributed by atoms with E-state index in [1.807, 2.05) is 0 Å². The van der Waals surface area contributed by atoms with E-state index in [0.717, 1.165) is 12.3 Å². The monoisotopic (exact) mass is 196 g/mol. The average molecular weight is 196 g/mol. The van der Waals surface area contributed by atoms with Gasteiger partial charge in [-0.25, -0.2) is 0 Å². The predicted octanol–water partition coefficient (Wildman–Crippen LogP) is 2.91. The standard InChI is InChI=1S/C12H20O2/c1-9(13)14-12-8-4-6-10-5-2-3-7-11(10)12/h10-12H,2-8H2,1H3. The first kappa shape index (κ1) is 10.0. The van der Waals surface area contributed by atoms with Gasteiger partial charge in [0, 0.05) is 6.92 Å². The molecule has 0 spiro atoms. The van der Waals surface area contributed by atoms with Crippen molar-refractivity contribution in [3.8, 4) is 0 Å². The van der Waals surface area contributed by atoms with E-state index < -0.39 is 0 Å². The SMILES string of the molecule is CC(=O)OC1CCCC2CCCCC21. The summed E-state index contributed by atoms with van der Waals surface area (Å²) < 4.78 is 5.42. The second-order valence-electron chi connectivity index (χ2n) is 4.79. The van der Waals surface area contributed by atoms with Crippen LogP contribution in [0.5, 0.6) is 0 Å². The van der Waals surface area contributed by atoms with Crippen LogP contribution in [-0.2, 0) is 9.53 Å². The van der Waals surface area contributed by atoms with E-state index in [2.05, 4.69) is 0 Å². The summed E-state index contributed by atoms with van der Waals surface area (Å²) >= 11 is 0. The van der Waals surface area contributed by atoms with E-state index in [0.29, 0.717) is 5.92 Å². The molecule has 0 heterocycles. The average Bonchev–Trinajstić information content (AvgIpc) is 2.18. The topological polar surface area (TPSA) is 26.3 Å². The maximum absolute atomic E-state index is 11.0. The van der Waals surface area contributed by atoms with E-state index >= 15 is 0 Å². The van der Waals surface area contributed by atoms with Crippen molar-refractivity contribution in [3.05, 3.63) is 0 Å². The molecule has 0 radical (unpaired) electrons. The zero-order valence-corrected chi connectivity index (χ0v) is 9.00. The molecule has 2 aliphatic rings. The van der Waals surface area contributed by atoms with Gasteiger partial charge in [-0.2, -0.15) is 0 Å². The van der Waals surface area contributed by atoms with Gasteiger partial charge in [0.15, 0.2) is 0 Å². The summed E-state index contributed by atoms with van der Waals surface area (Å²) in [4.78, 5) is 11.0. The highest BCUT2D eigenvalue weighted by Crippen LogP contribution is 2.41. The van der Waals surface area contributed by atoms with E-state index in [1.54, 1.807) is 0 Å². The first-order chi connectivity index (χ1) is 6.77. The van der Waals surface area contributed by atoms with Gasteiger partial charge in [-0.1, -0.05) is 19.3 Å². The van der Waals surface area contributed by atoms with Crippen molar-refractivity contribution in [3.63, 3.8) is 0 Å². The van der Waals surface area contributed by atoms with Gasteiger partial charge >= 0.3 is 5.97 Å². The Bertz CT molecular complexity index is 210. The molecule has 0 bridgehead atoms. The maximum Gasteiger partial charge on any atom is 0.302 e. The lowest BCUT2D eigenvalue weighted by molar-refractivity contribution is -0.153. The summed E-state index contributed by atoms with van der Waals surface area (Å²) in [6.45, 7) is 1.53. The number of rotatable bonds is 1. The molecule has 0 aromatic heterocycles. The first-order valence-electron chi connectivity index (χ1n) is 5.94. The van der Waals surface area contributed by atoms with Crippen LogP contribution in [0.3, 0.4) is 0 Å². The van der Waals surface area contributed by atoms with Crippen molar-refractivity contribution in [2.75, 3.05) is 0 Å². The summed E-state index contributed by atoms with van der Waals surface area (Å²) in [7, 11) is 0. The fraction of sp³-hybridized carbons (Fsp3) is 0.917.